The Bertz CT molecular complexity index is 284. The first kappa shape index (κ1) is 9.47. The van der Waals surface area contributed by atoms with E-state index >= 15 is 0 Å². The summed E-state index contributed by atoms with van der Waals surface area (Å²) in [6, 6.07) is 6.22. The maximum Gasteiger partial charge on any atom is 0.269 e. The van der Waals surface area contributed by atoms with E-state index in [1.54, 1.807) is 12.1 Å². The monoisotopic (exact) mass is 181 g/mol. The van der Waals surface area contributed by atoms with Crippen molar-refractivity contribution in [1.82, 2.24) is 5.43 Å². The Kier molecular flexibility index (Phi) is 3.22. The molecule has 70 valence electrons. The molecule has 1 rings (SSSR count). The van der Waals surface area contributed by atoms with Crippen molar-refractivity contribution < 1.29 is 4.92 Å². The molecule has 0 unspecified atom stereocenters. The topological polar surface area (TPSA) is 67.2 Å². The Morgan fingerprint density at radius 3 is 2.46 bits per heavy atom. The molecule has 0 bridgehead atoms. The maximum atomic E-state index is 10.3. The smallest absolute Gasteiger partial charge is 0.269 e. The minimum atomic E-state index is -0.420. The molecule has 0 saturated carbocycles. The molecule has 0 fully saturated rings. The van der Waals surface area contributed by atoms with Crippen molar-refractivity contribution in [1.29, 1.82) is 0 Å². The van der Waals surface area contributed by atoms with Gasteiger partial charge in [-0.2, -0.15) is 0 Å². The summed E-state index contributed by atoms with van der Waals surface area (Å²) in [4.78, 5) is 9.88. The average molecular weight is 181 g/mol. The lowest BCUT2D eigenvalue weighted by Crippen LogP contribution is -2.20. The van der Waals surface area contributed by atoms with Gasteiger partial charge in [0.2, 0.25) is 0 Å². The van der Waals surface area contributed by atoms with E-state index < -0.39 is 4.92 Å². The molecule has 0 aromatic heterocycles. The number of nitrogens with one attached hydrogen (secondary N) is 2. The van der Waals surface area contributed by atoms with Crippen molar-refractivity contribution in [3.8, 4) is 0 Å². The summed E-state index contributed by atoms with van der Waals surface area (Å²) in [5.41, 5.74) is 6.69. The van der Waals surface area contributed by atoms with Crippen molar-refractivity contribution in [2.45, 2.75) is 6.92 Å². The van der Waals surface area contributed by atoms with Crippen LogP contribution >= 0.6 is 0 Å². The zero-order valence-electron chi connectivity index (χ0n) is 7.28. The summed E-state index contributed by atoms with van der Waals surface area (Å²) in [5.74, 6) is 0. The van der Waals surface area contributed by atoms with Gasteiger partial charge in [-0.1, -0.05) is 6.92 Å². The summed E-state index contributed by atoms with van der Waals surface area (Å²) in [5, 5.41) is 10.3. The Labute approximate surface area is 75.9 Å². The summed E-state index contributed by atoms with van der Waals surface area (Å²) < 4.78 is 0. The van der Waals surface area contributed by atoms with Gasteiger partial charge >= 0.3 is 0 Å². The van der Waals surface area contributed by atoms with Crippen LogP contribution in [0.25, 0.3) is 0 Å². The molecular weight excluding hydrogens is 170 g/mol. The highest BCUT2D eigenvalue weighted by molar-refractivity contribution is 5.47. The summed E-state index contributed by atoms with van der Waals surface area (Å²) in [6.45, 7) is 2.75. The number of hydrogen-bond acceptors (Lipinski definition) is 4. The Morgan fingerprint density at radius 1 is 1.38 bits per heavy atom. The second-order valence-electron chi connectivity index (χ2n) is 2.46. The van der Waals surface area contributed by atoms with Gasteiger partial charge in [-0.3, -0.25) is 10.1 Å². The number of nitrogens with zero attached hydrogens (tertiary/aromatic N) is 1. The first-order valence-corrected chi connectivity index (χ1v) is 3.97. The predicted octanol–water partition coefficient (Wildman–Crippen LogP) is 1.53. The van der Waals surface area contributed by atoms with Gasteiger partial charge < -0.3 is 5.43 Å². The van der Waals surface area contributed by atoms with Gasteiger partial charge in [0.05, 0.1) is 4.92 Å². The van der Waals surface area contributed by atoms with E-state index in [1.807, 2.05) is 6.92 Å². The molecule has 0 radical (unpaired) electrons. The van der Waals surface area contributed by atoms with Gasteiger partial charge in [-0.25, -0.2) is 5.43 Å². The van der Waals surface area contributed by atoms with E-state index in [-0.39, 0.29) is 5.69 Å². The normalized spacial score (nSPS) is 9.62. The molecule has 2 N–H and O–H groups in total. The van der Waals surface area contributed by atoms with Crippen LogP contribution in [0.3, 0.4) is 0 Å². The van der Waals surface area contributed by atoms with E-state index in [9.17, 15) is 10.1 Å². The zero-order chi connectivity index (χ0) is 9.68. The van der Waals surface area contributed by atoms with Crippen LogP contribution in [0, 0.1) is 10.1 Å². The van der Waals surface area contributed by atoms with Crippen LogP contribution in [-0.2, 0) is 0 Å². The number of hydrogen-bond donors (Lipinski definition) is 2. The molecule has 0 aliphatic rings. The number of non-ortho nitro benzene ring substituents is 1. The van der Waals surface area contributed by atoms with E-state index in [4.69, 9.17) is 0 Å². The van der Waals surface area contributed by atoms with Gasteiger partial charge in [0, 0.05) is 24.4 Å². The largest absolute Gasteiger partial charge is 0.322 e. The Balaban J connectivity index is 2.64. The van der Waals surface area contributed by atoms with Gasteiger partial charge in [0.25, 0.3) is 5.69 Å². The van der Waals surface area contributed by atoms with Crippen LogP contribution in [-0.4, -0.2) is 11.5 Å². The quantitative estimate of drug-likeness (QED) is 0.546. The van der Waals surface area contributed by atoms with E-state index in [0.29, 0.717) is 0 Å². The highest BCUT2D eigenvalue weighted by Crippen LogP contribution is 2.14. The van der Waals surface area contributed by atoms with Gasteiger partial charge in [-0.05, 0) is 12.1 Å². The second-order valence-corrected chi connectivity index (χ2v) is 2.46. The molecule has 0 spiro atoms. The Hall–Kier alpha value is -1.62. The zero-order valence-corrected chi connectivity index (χ0v) is 7.28. The highest BCUT2D eigenvalue weighted by atomic mass is 16.6. The van der Waals surface area contributed by atoms with Gasteiger partial charge in [0.1, 0.15) is 0 Å². The molecule has 0 saturated heterocycles. The molecule has 1 aromatic carbocycles. The molecule has 0 aliphatic carbocycles. The van der Waals surface area contributed by atoms with Gasteiger partial charge in [0.15, 0.2) is 0 Å². The van der Waals surface area contributed by atoms with Crippen LogP contribution < -0.4 is 10.9 Å². The molecular formula is C8H11N3O2. The molecule has 1 aromatic rings. The second kappa shape index (κ2) is 4.42. The van der Waals surface area contributed by atoms with Crippen molar-refractivity contribution in [2.75, 3.05) is 12.0 Å². The molecule has 5 heteroatoms. The summed E-state index contributed by atoms with van der Waals surface area (Å²) in [6.07, 6.45) is 0. The maximum absolute atomic E-state index is 10.3. The van der Waals surface area contributed by atoms with Crippen molar-refractivity contribution in [3.05, 3.63) is 34.4 Å². The van der Waals surface area contributed by atoms with Crippen LogP contribution in [0.15, 0.2) is 24.3 Å². The fourth-order valence-electron chi connectivity index (χ4n) is 0.857. The molecule has 0 aliphatic heterocycles. The highest BCUT2D eigenvalue weighted by Gasteiger charge is 2.02. The molecule has 5 nitrogen and oxygen atoms in total. The van der Waals surface area contributed by atoms with E-state index in [0.717, 1.165) is 12.2 Å². The summed E-state index contributed by atoms with van der Waals surface area (Å²) in [7, 11) is 0. The first-order valence-electron chi connectivity index (χ1n) is 3.97. The SMILES string of the molecule is CCNNc1ccc([N+](=O)[O-])cc1. The number of benzene rings is 1. The Morgan fingerprint density at radius 2 is 2.00 bits per heavy atom. The number of hydrazine groups is 1. The third kappa shape index (κ3) is 2.72. The number of rotatable bonds is 4. The van der Waals surface area contributed by atoms with Crippen LogP contribution in [0.2, 0.25) is 0 Å². The third-order valence-corrected chi connectivity index (χ3v) is 1.49. The van der Waals surface area contributed by atoms with Crippen LogP contribution in [0.1, 0.15) is 6.92 Å². The number of nitro benzene ring substituents is 1. The minimum Gasteiger partial charge on any atom is -0.322 e. The minimum absolute atomic E-state index is 0.0991. The van der Waals surface area contributed by atoms with Crippen LogP contribution in [0.4, 0.5) is 11.4 Å². The molecule has 0 atom stereocenters. The lowest BCUT2D eigenvalue weighted by atomic mass is 10.3. The number of anilines is 1. The first-order chi connectivity index (χ1) is 6.24. The standard InChI is InChI=1S/C8H11N3O2/c1-2-9-10-7-3-5-8(6-4-7)11(12)13/h3-6,9-10H,2H2,1H3. The molecule has 0 heterocycles. The summed E-state index contributed by atoms with van der Waals surface area (Å²) >= 11 is 0. The lowest BCUT2D eigenvalue weighted by Gasteiger charge is -2.04. The molecule has 13 heavy (non-hydrogen) atoms. The van der Waals surface area contributed by atoms with E-state index in [2.05, 4.69) is 10.9 Å². The van der Waals surface area contributed by atoms with Gasteiger partial charge in [-0.15, -0.1) is 0 Å². The third-order valence-electron chi connectivity index (χ3n) is 1.49. The van der Waals surface area contributed by atoms with Crippen LogP contribution in [0.5, 0.6) is 0 Å². The van der Waals surface area contributed by atoms with E-state index in [1.165, 1.54) is 12.1 Å². The predicted molar refractivity (Wildman–Crippen MR) is 50.4 cm³/mol. The lowest BCUT2D eigenvalue weighted by molar-refractivity contribution is -0.384. The fourth-order valence-corrected chi connectivity index (χ4v) is 0.857. The van der Waals surface area contributed by atoms with Crippen molar-refractivity contribution in [2.24, 2.45) is 0 Å². The van der Waals surface area contributed by atoms with Crippen molar-refractivity contribution in [3.63, 3.8) is 0 Å². The fraction of sp³-hybridized carbons (Fsp3) is 0.250. The number of nitro groups is 1. The van der Waals surface area contributed by atoms with Crippen molar-refractivity contribution >= 4 is 11.4 Å². The molecule has 0 amide bonds. The average Bonchev–Trinajstić information content (AvgIpc) is 2.15.